The van der Waals surface area contributed by atoms with Crippen LogP contribution in [0.4, 0.5) is 5.82 Å². The van der Waals surface area contributed by atoms with Crippen LogP contribution < -0.4 is 5.32 Å². The van der Waals surface area contributed by atoms with Gasteiger partial charge in [-0.3, -0.25) is 9.88 Å². The summed E-state index contributed by atoms with van der Waals surface area (Å²) >= 11 is 0. The molecule has 0 spiro atoms. The van der Waals surface area contributed by atoms with Crippen molar-refractivity contribution in [3.05, 3.63) is 18.1 Å². The Bertz CT molecular complexity index is 294. The summed E-state index contributed by atoms with van der Waals surface area (Å²) in [6.45, 7) is 11.4. The number of rotatable bonds is 6. The molecule has 16 heavy (non-hydrogen) atoms. The van der Waals surface area contributed by atoms with E-state index in [1.54, 1.807) is 6.20 Å². The largest absolute Gasteiger partial charge is 0.369 e. The third-order valence-electron chi connectivity index (χ3n) is 2.56. The Morgan fingerprint density at radius 1 is 1.25 bits per heavy atom. The molecule has 1 aromatic rings. The van der Waals surface area contributed by atoms with Crippen molar-refractivity contribution in [2.24, 2.45) is 0 Å². The maximum absolute atomic E-state index is 4.40. The molecule has 0 bridgehead atoms. The summed E-state index contributed by atoms with van der Waals surface area (Å²) in [7, 11) is 0. The number of aromatic nitrogens is 2. The Morgan fingerprint density at radius 3 is 2.44 bits per heavy atom. The van der Waals surface area contributed by atoms with Crippen molar-refractivity contribution in [2.45, 2.75) is 40.3 Å². The number of anilines is 1. The highest BCUT2D eigenvalue weighted by molar-refractivity contribution is 5.30. The van der Waals surface area contributed by atoms with Gasteiger partial charge in [0.15, 0.2) is 0 Å². The molecule has 0 aliphatic rings. The zero-order valence-corrected chi connectivity index (χ0v) is 10.7. The Morgan fingerprint density at radius 2 is 2.00 bits per heavy atom. The number of hydrogen-bond acceptors (Lipinski definition) is 4. The molecule has 4 heteroatoms. The molecule has 0 saturated heterocycles. The minimum absolute atomic E-state index is 0.542. The third-order valence-corrected chi connectivity index (χ3v) is 2.56. The molecule has 1 aromatic heterocycles. The number of hydrogen-bond donors (Lipinski definition) is 1. The van der Waals surface area contributed by atoms with E-state index in [4.69, 9.17) is 0 Å². The number of nitrogens with zero attached hydrogens (tertiary/aromatic N) is 3. The fourth-order valence-electron chi connectivity index (χ4n) is 1.58. The van der Waals surface area contributed by atoms with Gasteiger partial charge in [0.1, 0.15) is 5.82 Å². The first-order valence-electron chi connectivity index (χ1n) is 5.96. The Labute approximate surface area is 98.1 Å². The first kappa shape index (κ1) is 12.9. The standard InChI is InChI=1S/C12H22N4/c1-5-13-12-8-14-11(7-15-12)9-16(6-2)10(3)4/h7-8,10H,5-6,9H2,1-4H3,(H,13,15). The molecule has 0 aromatic carbocycles. The normalized spacial score (nSPS) is 11.1. The second kappa shape index (κ2) is 6.43. The summed E-state index contributed by atoms with van der Waals surface area (Å²) in [5, 5.41) is 3.14. The maximum atomic E-state index is 4.40. The zero-order chi connectivity index (χ0) is 12.0. The van der Waals surface area contributed by atoms with Gasteiger partial charge in [-0.15, -0.1) is 0 Å². The Balaban J connectivity index is 2.60. The van der Waals surface area contributed by atoms with E-state index in [0.717, 1.165) is 31.1 Å². The van der Waals surface area contributed by atoms with E-state index in [0.29, 0.717) is 6.04 Å². The van der Waals surface area contributed by atoms with Crippen molar-refractivity contribution in [1.82, 2.24) is 14.9 Å². The molecule has 0 unspecified atom stereocenters. The molecule has 0 amide bonds. The van der Waals surface area contributed by atoms with Crippen molar-refractivity contribution in [3.8, 4) is 0 Å². The van der Waals surface area contributed by atoms with Gasteiger partial charge in [-0.2, -0.15) is 0 Å². The molecule has 0 aliphatic carbocycles. The molecule has 0 radical (unpaired) electrons. The minimum atomic E-state index is 0.542. The van der Waals surface area contributed by atoms with Crippen molar-refractivity contribution in [3.63, 3.8) is 0 Å². The van der Waals surface area contributed by atoms with Crippen LogP contribution in [-0.2, 0) is 6.54 Å². The van der Waals surface area contributed by atoms with Crippen LogP contribution in [0.2, 0.25) is 0 Å². The van der Waals surface area contributed by atoms with E-state index in [-0.39, 0.29) is 0 Å². The van der Waals surface area contributed by atoms with Crippen molar-refractivity contribution in [1.29, 1.82) is 0 Å². The van der Waals surface area contributed by atoms with Crippen molar-refractivity contribution >= 4 is 5.82 Å². The quantitative estimate of drug-likeness (QED) is 0.800. The predicted octanol–water partition coefficient (Wildman–Crippen LogP) is 2.14. The van der Waals surface area contributed by atoms with Gasteiger partial charge < -0.3 is 5.32 Å². The second-order valence-corrected chi connectivity index (χ2v) is 4.08. The van der Waals surface area contributed by atoms with Crippen molar-refractivity contribution < 1.29 is 0 Å². The lowest BCUT2D eigenvalue weighted by molar-refractivity contribution is 0.222. The fraction of sp³-hybridized carbons (Fsp3) is 0.667. The third kappa shape index (κ3) is 3.77. The average molecular weight is 222 g/mol. The van der Waals surface area contributed by atoms with Crippen LogP contribution in [0.1, 0.15) is 33.4 Å². The Kier molecular flexibility index (Phi) is 5.19. The molecular formula is C12H22N4. The molecule has 0 saturated carbocycles. The summed E-state index contributed by atoms with van der Waals surface area (Å²) in [5.41, 5.74) is 1.03. The van der Waals surface area contributed by atoms with Crippen LogP contribution >= 0.6 is 0 Å². The van der Waals surface area contributed by atoms with Gasteiger partial charge in [0.2, 0.25) is 0 Å². The molecule has 90 valence electrons. The summed E-state index contributed by atoms with van der Waals surface area (Å²) < 4.78 is 0. The maximum Gasteiger partial charge on any atom is 0.144 e. The van der Waals surface area contributed by atoms with Crippen LogP contribution in [0, 0.1) is 0 Å². The van der Waals surface area contributed by atoms with Gasteiger partial charge >= 0.3 is 0 Å². The average Bonchev–Trinajstić information content (AvgIpc) is 2.28. The second-order valence-electron chi connectivity index (χ2n) is 4.08. The van der Waals surface area contributed by atoms with Crippen LogP contribution in [-0.4, -0.2) is 34.0 Å². The van der Waals surface area contributed by atoms with Gasteiger partial charge in [0, 0.05) is 19.1 Å². The van der Waals surface area contributed by atoms with Gasteiger partial charge in [-0.1, -0.05) is 6.92 Å². The molecule has 1 N–H and O–H groups in total. The Hall–Kier alpha value is -1.16. The molecule has 1 rings (SSSR count). The monoisotopic (exact) mass is 222 g/mol. The van der Waals surface area contributed by atoms with Crippen LogP contribution in [0.3, 0.4) is 0 Å². The van der Waals surface area contributed by atoms with Gasteiger partial charge in [0.25, 0.3) is 0 Å². The topological polar surface area (TPSA) is 41.1 Å². The van der Waals surface area contributed by atoms with Crippen LogP contribution in [0.5, 0.6) is 0 Å². The molecule has 1 heterocycles. The number of nitrogens with one attached hydrogen (secondary N) is 1. The smallest absolute Gasteiger partial charge is 0.144 e. The molecule has 0 atom stereocenters. The van der Waals surface area contributed by atoms with E-state index in [2.05, 4.69) is 41.0 Å². The fourth-order valence-corrected chi connectivity index (χ4v) is 1.58. The lowest BCUT2D eigenvalue weighted by atomic mass is 10.3. The first-order chi connectivity index (χ1) is 7.67. The molecule has 4 nitrogen and oxygen atoms in total. The predicted molar refractivity (Wildman–Crippen MR) is 67.4 cm³/mol. The van der Waals surface area contributed by atoms with Crippen LogP contribution in [0.15, 0.2) is 12.4 Å². The van der Waals surface area contributed by atoms with Crippen LogP contribution in [0.25, 0.3) is 0 Å². The van der Waals surface area contributed by atoms with Gasteiger partial charge in [-0.05, 0) is 27.3 Å². The minimum Gasteiger partial charge on any atom is -0.369 e. The zero-order valence-electron chi connectivity index (χ0n) is 10.7. The highest BCUT2D eigenvalue weighted by Crippen LogP contribution is 2.06. The van der Waals surface area contributed by atoms with E-state index < -0.39 is 0 Å². The van der Waals surface area contributed by atoms with E-state index in [9.17, 15) is 0 Å². The van der Waals surface area contributed by atoms with Crippen molar-refractivity contribution in [2.75, 3.05) is 18.4 Å². The highest BCUT2D eigenvalue weighted by Gasteiger charge is 2.08. The summed E-state index contributed by atoms with van der Waals surface area (Å²) in [4.78, 5) is 11.1. The molecular weight excluding hydrogens is 200 g/mol. The van der Waals surface area contributed by atoms with Gasteiger partial charge in [0.05, 0.1) is 18.1 Å². The summed E-state index contributed by atoms with van der Waals surface area (Å²) in [6.07, 6.45) is 3.65. The SMILES string of the molecule is CCNc1cnc(CN(CC)C(C)C)cn1. The summed E-state index contributed by atoms with van der Waals surface area (Å²) in [6, 6.07) is 0.542. The molecule has 0 aliphatic heterocycles. The highest BCUT2D eigenvalue weighted by atomic mass is 15.1. The van der Waals surface area contributed by atoms with E-state index in [1.807, 2.05) is 13.1 Å². The lowest BCUT2D eigenvalue weighted by Gasteiger charge is -2.23. The summed E-state index contributed by atoms with van der Waals surface area (Å²) in [5.74, 6) is 0.846. The van der Waals surface area contributed by atoms with E-state index in [1.165, 1.54) is 0 Å². The van der Waals surface area contributed by atoms with E-state index >= 15 is 0 Å². The first-order valence-corrected chi connectivity index (χ1v) is 5.96. The van der Waals surface area contributed by atoms with Gasteiger partial charge in [-0.25, -0.2) is 4.98 Å². The lowest BCUT2D eigenvalue weighted by Crippen LogP contribution is -2.30. The molecule has 0 fully saturated rings.